The Hall–Kier alpha value is -1.17. The number of hydrogen-bond acceptors (Lipinski definition) is 4. The Morgan fingerprint density at radius 1 is 0.329 bits per heavy atom. The Balaban J connectivity index is 3.47. The molecule has 5 nitrogen and oxygen atoms in total. The maximum absolute atomic E-state index is 12.6. The van der Waals surface area contributed by atoms with Crippen LogP contribution in [0.25, 0.3) is 0 Å². The molecule has 0 fully saturated rings. The highest BCUT2D eigenvalue weighted by molar-refractivity contribution is 5.80. The smallest absolute Gasteiger partial charge is 0.249 e. The van der Waals surface area contributed by atoms with Gasteiger partial charge in [0.05, 0.1) is 18.8 Å². The molecule has 0 saturated carbocycles. The van der Waals surface area contributed by atoms with E-state index in [1.54, 1.807) is 0 Å². The number of carbonyl (C=O) groups is 1. The Kier molecular flexibility index (Phi) is 62.3. The molecular formula is C68H133NO4. The van der Waals surface area contributed by atoms with Crippen molar-refractivity contribution in [3.8, 4) is 0 Å². The topological polar surface area (TPSA) is 89.8 Å². The van der Waals surface area contributed by atoms with Crippen molar-refractivity contribution in [2.45, 2.75) is 398 Å². The first kappa shape index (κ1) is 71.8. The first-order chi connectivity index (χ1) is 36.1. The van der Waals surface area contributed by atoms with E-state index in [0.717, 1.165) is 38.5 Å². The molecule has 0 saturated heterocycles. The van der Waals surface area contributed by atoms with Crippen LogP contribution in [0.2, 0.25) is 0 Å². The predicted molar refractivity (Wildman–Crippen MR) is 324 cm³/mol. The van der Waals surface area contributed by atoms with Crippen LogP contribution >= 0.6 is 0 Å². The summed E-state index contributed by atoms with van der Waals surface area (Å²) in [6.45, 7) is 4.28. The quantitative estimate of drug-likeness (QED) is 0.0361. The summed E-state index contributed by atoms with van der Waals surface area (Å²) >= 11 is 0. The minimum absolute atomic E-state index is 0.310. The first-order valence-corrected chi connectivity index (χ1v) is 33.6. The number of amides is 1. The molecule has 434 valence electrons. The van der Waals surface area contributed by atoms with Crippen LogP contribution in [0, 0.1) is 0 Å². The maximum Gasteiger partial charge on any atom is 0.249 e. The van der Waals surface area contributed by atoms with Gasteiger partial charge in [0, 0.05) is 0 Å². The Bertz CT molecular complexity index is 1090. The summed E-state index contributed by atoms with van der Waals surface area (Å²) in [7, 11) is 0. The molecule has 0 aliphatic heterocycles. The zero-order chi connectivity index (χ0) is 52.9. The van der Waals surface area contributed by atoms with Crippen LogP contribution < -0.4 is 5.32 Å². The summed E-state index contributed by atoms with van der Waals surface area (Å²) in [5, 5.41) is 33.7. The summed E-state index contributed by atoms with van der Waals surface area (Å²) < 4.78 is 0. The third-order valence-electron chi connectivity index (χ3n) is 16.1. The first-order valence-electron chi connectivity index (χ1n) is 33.6. The third-order valence-corrected chi connectivity index (χ3v) is 16.1. The molecule has 0 bridgehead atoms. The van der Waals surface area contributed by atoms with E-state index in [1.807, 2.05) is 0 Å². The Morgan fingerprint density at radius 3 is 0.822 bits per heavy atom. The molecule has 0 aromatic carbocycles. The zero-order valence-electron chi connectivity index (χ0n) is 49.8. The van der Waals surface area contributed by atoms with Crippen LogP contribution in [0.3, 0.4) is 0 Å². The molecule has 73 heavy (non-hydrogen) atoms. The molecule has 0 spiro atoms. The number of nitrogens with one attached hydrogen (secondary N) is 1. The summed E-state index contributed by atoms with van der Waals surface area (Å²) in [5.41, 5.74) is 0. The summed E-state index contributed by atoms with van der Waals surface area (Å²) in [6.07, 6.45) is 82.7. The van der Waals surface area contributed by atoms with Crippen LogP contribution in [-0.2, 0) is 4.79 Å². The zero-order valence-corrected chi connectivity index (χ0v) is 49.8. The number of carbonyl (C=O) groups excluding carboxylic acids is 1. The van der Waals surface area contributed by atoms with Crippen molar-refractivity contribution in [2.75, 3.05) is 6.61 Å². The van der Waals surface area contributed by atoms with Gasteiger partial charge in [-0.25, -0.2) is 0 Å². The van der Waals surface area contributed by atoms with Crippen molar-refractivity contribution in [3.63, 3.8) is 0 Å². The molecule has 4 N–H and O–H groups in total. The fraction of sp³-hybridized carbons (Fsp3) is 0.926. The van der Waals surface area contributed by atoms with Gasteiger partial charge in [-0.2, -0.15) is 0 Å². The van der Waals surface area contributed by atoms with E-state index >= 15 is 0 Å². The van der Waals surface area contributed by atoms with Crippen LogP contribution in [0.5, 0.6) is 0 Å². The molecule has 3 atom stereocenters. The molecule has 0 aliphatic carbocycles. The van der Waals surface area contributed by atoms with Crippen molar-refractivity contribution in [1.29, 1.82) is 0 Å². The van der Waals surface area contributed by atoms with Crippen molar-refractivity contribution >= 4 is 5.91 Å². The lowest BCUT2D eigenvalue weighted by atomic mass is 10.0. The average molecular weight is 1030 g/mol. The molecule has 0 aromatic rings. The summed E-state index contributed by atoms with van der Waals surface area (Å²) in [4.78, 5) is 12.6. The SMILES string of the molecule is CCCCCCCCCCCCCCC/C=C\C/C=C\CCCCCCCCCCCCCCCCCCC(O)C(=O)NC(CO)C(O)CCCCCCCCCCCCCCCCCCCCCCCCC. The lowest BCUT2D eigenvalue weighted by Crippen LogP contribution is -2.49. The maximum atomic E-state index is 12.6. The standard InChI is InChI=1S/C68H133NO4/c1-3-5-7-9-11-13-15-17-19-21-23-25-27-28-29-30-31-32-33-34-35-36-37-38-39-41-43-45-47-49-51-53-55-57-59-61-63-67(72)68(73)69-65(64-70)66(71)62-60-58-56-54-52-50-48-46-44-42-40-26-24-22-20-18-16-14-12-10-8-6-4-2/h29-30,32-33,65-67,70-72H,3-28,31,34-64H2,1-2H3,(H,69,73)/b30-29-,33-32-. The van der Waals surface area contributed by atoms with Gasteiger partial charge in [-0.1, -0.05) is 359 Å². The second-order valence-corrected chi connectivity index (χ2v) is 23.4. The summed E-state index contributed by atoms with van der Waals surface area (Å²) in [5.74, 6) is -0.463. The molecule has 0 aromatic heterocycles. The van der Waals surface area contributed by atoms with Crippen LogP contribution in [0.15, 0.2) is 24.3 Å². The fourth-order valence-corrected chi connectivity index (χ4v) is 10.9. The average Bonchev–Trinajstić information content (AvgIpc) is 3.40. The lowest BCUT2D eigenvalue weighted by Gasteiger charge is -2.23. The van der Waals surface area contributed by atoms with E-state index in [9.17, 15) is 20.1 Å². The summed E-state index contributed by atoms with van der Waals surface area (Å²) in [6, 6.07) is -0.712. The second kappa shape index (κ2) is 63.4. The molecule has 0 radical (unpaired) electrons. The van der Waals surface area contributed by atoms with Gasteiger partial charge >= 0.3 is 0 Å². The minimum Gasteiger partial charge on any atom is -0.394 e. The lowest BCUT2D eigenvalue weighted by molar-refractivity contribution is -0.131. The van der Waals surface area contributed by atoms with Gasteiger partial charge in [0.15, 0.2) is 0 Å². The van der Waals surface area contributed by atoms with E-state index in [0.29, 0.717) is 12.8 Å². The molecule has 5 heteroatoms. The largest absolute Gasteiger partial charge is 0.394 e. The van der Waals surface area contributed by atoms with Crippen LogP contribution in [0.1, 0.15) is 380 Å². The third kappa shape index (κ3) is 58.4. The van der Waals surface area contributed by atoms with E-state index in [4.69, 9.17) is 0 Å². The number of rotatable bonds is 63. The van der Waals surface area contributed by atoms with Gasteiger partial charge in [-0.3, -0.25) is 4.79 Å². The number of allylic oxidation sites excluding steroid dienone is 4. The van der Waals surface area contributed by atoms with E-state index in [-0.39, 0.29) is 6.61 Å². The van der Waals surface area contributed by atoms with Crippen molar-refractivity contribution in [2.24, 2.45) is 0 Å². The van der Waals surface area contributed by atoms with Gasteiger partial charge in [0.2, 0.25) is 5.91 Å². The molecular weight excluding hydrogens is 895 g/mol. The molecule has 0 aliphatic rings. The van der Waals surface area contributed by atoms with Gasteiger partial charge in [-0.15, -0.1) is 0 Å². The highest BCUT2D eigenvalue weighted by Gasteiger charge is 2.23. The number of unbranched alkanes of at least 4 members (excludes halogenated alkanes) is 51. The molecule has 0 rings (SSSR count). The number of hydrogen-bond donors (Lipinski definition) is 4. The van der Waals surface area contributed by atoms with Crippen molar-refractivity contribution < 1.29 is 20.1 Å². The normalized spacial score (nSPS) is 13.2. The fourth-order valence-electron chi connectivity index (χ4n) is 10.9. The van der Waals surface area contributed by atoms with E-state index in [2.05, 4.69) is 43.5 Å². The van der Waals surface area contributed by atoms with Gasteiger partial charge < -0.3 is 20.6 Å². The van der Waals surface area contributed by atoms with Gasteiger partial charge in [0.25, 0.3) is 0 Å². The highest BCUT2D eigenvalue weighted by Crippen LogP contribution is 2.19. The Labute approximate surface area is 458 Å². The van der Waals surface area contributed by atoms with Gasteiger partial charge in [0.1, 0.15) is 6.10 Å². The van der Waals surface area contributed by atoms with Crippen molar-refractivity contribution in [1.82, 2.24) is 5.32 Å². The predicted octanol–water partition coefficient (Wildman–Crippen LogP) is 21.6. The highest BCUT2D eigenvalue weighted by atomic mass is 16.3. The molecule has 3 unspecified atom stereocenters. The number of aliphatic hydroxyl groups is 3. The van der Waals surface area contributed by atoms with Crippen LogP contribution in [0.4, 0.5) is 0 Å². The second-order valence-electron chi connectivity index (χ2n) is 23.4. The minimum atomic E-state index is -1.07. The van der Waals surface area contributed by atoms with E-state index < -0.39 is 24.2 Å². The van der Waals surface area contributed by atoms with Crippen molar-refractivity contribution in [3.05, 3.63) is 24.3 Å². The number of aliphatic hydroxyl groups excluding tert-OH is 3. The monoisotopic (exact) mass is 1030 g/mol. The molecule has 0 heterocycles. The van der Waals surface area contributed by atoms with E-state index in [1.165, 1.54) is 315 Å². The molecule has 1 amide bonds. The van der Waals surface area contributed by atoms with Gasteiger partial charge in [-0.05, 0) is 44.9 Å². The Morgan fingerprint density at radius 2 is 0.562 bits per heavy atom. The van der Waals surface area contributed by atoms with Crippen LogP contribution in [-0.4, -0.2) is 46.1 Å².